The number of imidazole rings is 1. The number of ether oxygens (including phenoxy) is 3. The Balaban J connectivity index is 1.76. The Morgan fingerprint density at radius 3 is 2.56 bits per heavy atom. The molecule has 0 bridgehead atoms. The van der Waals surface area contributed by atoms with E-state index < -0.39 is 0 Å². The molecule has 7 nitrogen and oxygen atoms in total. The number of nitrogens with zero attached hydrogens (tertiary/aromatic N) is 3. The molecule has 2 aromatic heterocycles. The maximum atomic E-state index is 14.1. The van der Waals surface area contributed by atoms with Crippen molar-refractivity contribution in [1.29, 1.82) is 0 Å². The molecule has 0 spiro atoms. The summed E-state index contributed by atoms with van der Waals surface area (Å²) in [5.74, 6) is 1.91. The highest BCUT2D eigenvalue weighted by Gasteiger charge is 2.26. The van der Waals surface area contributed by atoms with Crippen LogP contribution < -0.4 is 14.2 Å². The molecule has 0 aliphatic rings. The Morgan fingerprint density at radius 1 is 1.10 bits per heavy atom. The van der Waals surface area contributed by atoms with Gasteiger partial charge in [0, 0.05) is 29.2 Å². The summed E-state index contributed by atoms with van der Waals surface area (Å²) < 4.78 is 20.1. The highest BCUT2D eigenvalue weighted by Crippen LogP contribution is 2.38. The van der Waals surface area contributed by atoms with Gasteiger partial charge in [0.2, 0.25) is 0 Å². The van der Waals surface area contributed by atoms with Crippen molar-refractivity contribution in [3.8, 4) is 17.2 Å². The molecule has 2 aromatic carbocycles. The van der Waals surface area contributed by atoms with Crippen LogP contribution in [0, 0.1) is 5.92 Å². The van der Waals surface area contributed by atoms with Gasteiger partial charge in [-0.25, -0.2) is 4.98 Å². The SMILES string of the molecule is CCCOc1c(OC)ccc(C(=O)N(CCC(C)C)Cc2nc3ccccn3c2Cc2cc(Br)ccc2OC)c1Cl. The van der Waals surface area contributed by atoms with Gasteiger partial charge in [0.15, 0.2) is 11.5 Å². The average molecular weight is 643 g/mol. The fraction of sp³-hybridized carbons (Fsp3) is 0.375. The average Bonchev–Trinajstić information content (AvgIpc) is 3.30. The van der Waals surface area contributed by atoms with Gasteiger partial charge in [-0.3, -0.25) is 4.79 Å². The molecule has 0 unspecified atom stereocenters. The summed E-state index contributed by atoms with van der Waals surface area (Å²) in [6.45, 7) is 7.66. The number of amides is 1. The van der Waals surface area contributed by atoms with Gasteiger partial charge in [-0.05, 0) is 61.2 Å². The zero-order valence-electron chi connectivity index (χ0n) is 24.2. The lowest BCUT2D eigenvalue weighted by Crippen LogP contribution is -2.33. The zero-order valence-corrected chi connectivity index (χ0v) is 26.6. The second-order valence-electron chi connectivity index (χ2n) is 10.3. The highest BCUT2D eigenvalue weighted by molar-refractivity contribution is 9.10. The monoisotopic (exact) mass is 641 g/mol. The summed E-state index contributed by atoms with van der Waals surface area (Å²) in [5.41, 5.74) is 4.03. The summed E-state index contributed by atoms with van der Waals surface area (Å²) in [6.07, 6.45) is 4.22. The first kappa shape index (κ1) is 30.7. The summed E-state index contributed by atoms with van der Waals surface area (Å²) in [4.78, 5) is 20.9. The van der Waals surface area contributed by atoms with Crippen LogP contribution in [0.3, 0.4) is 0 Å². The van der Waals surface area contributed by atoms with E-state index in [1.807, 2.05) is 48.4 Å². The minimum Gasteiger partial charge on any atom is -0.496 e. The van der Waals surface area contributed by atoms with Gasteiger partial charge >= 0.3 is 0 Å². The van der Waals surface area contributed by atoms with Crippen molar-refractivity contribution in [3.63, 3.8) is 0 Å². The normalized spacial score (nSPS) is 11.2. The molecular weight excluding hydrogens is 606 g/mol. The van der Waals surface area contributed by atoms with E-state index in [1.54, 1.807) is 26.4 Å². The molecule has 0 saturated heterocycles. The molecule has 0 atom stereocenters. The Kier molecular flexibility index (Phi) is 10.6. The molecular formula is C32H37BrClN3O4. The predicted molar refractivity (Wildman–Crippen MR) is 167 cm³/mol. The summed E-state index contributed by atoms with van der Waals surface area (Å²) in [5, 5.41) is 0.256. The van der Waals surface area contributed by atoms with Crippen molar-refractivity contribution < 1.29 is 19.0 Å². The Hall–Kier alpha value is -3.23. The van der Waals surface area contributed by atoms with Crippen LogP contribution in [-0.2, 0) is 13.0 Å². The standard InChI is InChI=1S/C32H37BrClN3O4/c1-6-17-41-31-28(40-5)13-11-24(30(31)34)32(38)36(16-14-21(2)3)20-25-26(37-15-8-7-9-29(37)35-25)19-22-18-23(33)10-12-27(22)39-4/h7-13,15,18,21H,6,14,16-17,19-20H2,1-5H3. The third-order valence-corrected chi connectivity index (χ3v) is 7.75. The maximum Gasteiger partial charge on any atom is 0.255 e. The number of rotatable bonds is 13. The molecule has 9 heteroatoms. The summed E-state index contributed by atoms with van der Waals surface area (Å²) in [7, 11) is 3.23. The van der Waals surface area contributed by atoms with E-state index in [1.165, 1.54) is 0 Å². The van der Waals surface area contributed by atoms with E-state index in [4.69, 9.17) is 30.8 Å². The Labute approximate surface area is 255 Å². The van der Waals surface area contributed by atoms with Gasteiger partial charge in [-0.2, -0.15) is 0 Å². The van der Waals surface area contributed by atoms with Crippen LogP contribution in [0.2, 0.25) is 5.02 Å². The second kappa shape index (κ2) is 14.1. The third-order valence-electron chi connectivity index (χ3n) is 6.88. The van der Waals surface area contributed by atoms with Gasteiger partial charge in [0.25, 0.3) is 5.91 Å². The van der Waals surface area contributed by atoms with E-state index in [9.17, 15) is 4.79 Å². The maximum absolute atomic E-state index is 14.1. The number of carbonyl (C=O) groups excluding carboxylic acids is 1. The van der Waals surface area contributed by atoms with Crippen LogP contribution in [0.25, 0.3) is 5.65 Å². The molecule has 1 amide bonds. The first-order chi connectivity index (χ1) is 19.8. The van der Waals surface area contributed by atoms with Crippen molar-refractivity contribution in [3.05, 3.63) is 86.7 Å². The second-order valence-corrected chi connectivity index (χ2v) is 11.6. The molecule has 0 aliphatic heterocycles. The molecule has 2 heterocycles. The number of methoxy groups -OCH3 is 2. The first-order valence-electron chi connectivity index (χ1n) is 13.8. The lowest BCUT2D eigenvalue weighted by molar-refractivity contribution is 0.0733. The Morgan fingerprint density at radius 2 is 1.85 bits per heavy atom. The van der Waals surface area contributed by atoms with Gasteiger partial charge in [-0.15, -0.1) is 0 Å². The predicted octanol–water partition coefficient (Wildman–Crippen LogP) is 7.84. The van der Waals surface area contributed by atoms with Crippen molar-refractivity contribution in [2.24, 2.45) is 5.92 Å². The van der Waals surface area contributed by atoms with E-state index in [-0.39, 0.29) is 10.9 Å². The smallest absolute Gasteiger partial charge is 0.255 e. The van der Waals surface area contributed by atoms with E-state index in [0.29, 0.717) is 49.1 Å². The quantitative estimate of drug-likeness (QED) is 0.149. The fourth-order valence-corrected chi connectivity index (χ4v) is 5.40. The molecule has 0 aliphatic carbocycles. The van der Waals surface area contributed by atoms with Gasteiger partial charge in [0.05, 0.1) is 49.3 Å². The number of hydrogen-bond acceptors (Lipinski definition) is 5. The number of carbonyl (C=O) groups is 1. The van der Waals surface area contributed by atoms with Gasteiger partial charge in [0.1, 0.15) is 11.4 Å². The third kappa shape index (κ3) is 7.16. The van der Waals surface area contributed by atoms with E-state index in [0.717, 1.165) is 45.7 Å². The number of halogens is 2. The molecule has 41 heavy (non-hydrogen) atoms. The van der Waals surface area contributed by atoms with Crippen LogP contribution >= 0.6 is 27.5 Å². The molecule has 0 saturated carbocycles. The molecule has 0 N–H and O–H groups in total. The first-order valence-corrected chi connectivity index (χ1v) is 15.0. The van der Waals surface area contributed by atoms with Crippen molar-refractivity contribution in [2.45, 2.75) is 46.6 Å². The number of benzene rings is 2. The Bertz CT molecular complexity index is 1500. The zero-order chi connectivity index (χ0) is 29.5. The highest BCUT2D eigenvalue weighted by atomic mass is 79.9. The van der Waals surface area contributed by atoms with Crippen molar-refractivity contribution in [1.82, 2.24) is 14.3 Å². The lowest BCUT2D eigenvalue weighted by atomic mass is 10.1. The largest absolute Gasteiger partial charge is 0.496 e. The lowest BCUT2D eigenvalue weighted by Gasteiger charge is -2.25. The topological polar surface area (TPSA) is 65.3 Å². The number of fused-ring (bicyclic) bond motifs is 1. The van der Waals surface area contributed by atoms with Crippen LogP contribution in [0.4, 0.5) is 0 Å². The minimum absolute atomic E-state index is 0.178. The summed E-state index contributed by atoms with van der Waals surface area (Å²) >= 11 is 10.4. The van der Waals surface area contributed by atoms with E-state index >= 15 is 0 Å². The molecule has 4 rings (SSSR count). The number of pyridine rings is 1. The van der Waals surface area contributed by atoms with Crippen LogP contribution in [0.1, 0.15) is 60.9 Å². The van der Waals surface area contributed by atoms with Crippen molar-refractivity contribution >= 4 is 39.1 Å². The van der Waals surface area contributed by atoms with Crippen LogP contribution in [0.15, 0.2) is 59.2 Å². The summed E-state index contributed by atoms with van der Waals surface area (Å²) in [6, 6.07) is 15.3. The van der Waals surface area contributed by atoms with Crippen LogP contribution in [-0.4, -0.2) is 47.6 Å². The van der Waals surface area contributed by atoms with Crippen molar-refractivity contribution in [2.75, 3.05) is 27.4 Å². The van der Waals surface area contributed by atoms with E-state index in [2.05, 4.69) is 40.2 Å². The molecule has 4 aromatic rings. The number of aromatic nitrogens is 2. The fourth-order valence-electron chi connectivity index (χ4n) is 4.70. The number of hydrogen-bond donors (Lipinski definition) is 0. The van der Waals surface area contributed by atoms with Crippen LogP contribution in [0.5, 0.6) is 17.2 Å². The molecule has 0 fully saturated rings. The minimum atomic E-state index is -0.178. The molecule has 218 valence electrons. The molecule has 0 radical (unpaired) electrons. The van der Waals surface area contributed by atoms with Gasteiger partial charge < -0.3 is 23.5 Å². The van der Waals surface area contributed by atoms with Gasteiger partial charge in [-0.1, -0.05) is 54.4 Å².